The molecule has 16 heavy (non-hydrogen) atoms. The van der Waals surface area contributed by atoms with Gasteiger partial charge in [-0.2, -0.15) is 0 Å². The van der Waals surface area contributed by atoms with Crippen LogP contribution in [-0.4, -0.2) is 50.0 Å². The second-order valence-corrected chi connectivity index (χ2v) is 6.19. The van der Waals surface area contributed by atoms with Crippen molar-refractivity contribution >= 4 is 0 Å². The standard InChI is InChI=1S/C13H23NO2/c1-14-6-2-3-11(7-14)13(9-16-10-13)12(8-15)4-5-12/h11,15H,2-10H2,1H3. The molecule has 1 unspecified atom stereocenters. The zero-order valence-corrected chi connectivity index (χ0v) is 10.2. The molecule has 3 heteroatoms. The fourth-order valence-corrected chi connectivity index (χ4v) is 3.88. The van der Waals surface area contributed by atoms with Gasteiger partial charge in [0, 0.05) is 24.0 Å². The van der Waals surface area contributed by atoms with E-state index >= 15 is 0 Å². The molecule has 1 saturated carbocycles. The van der Waals surface area contributed by atoms with E-state index in [1.807, 2.05) is 0 Å². The SMILES string of the molecule is CN1CCCC(C2(C3(CO)CC3)COC2)C1. The van der Waals surface area contributed by atoms with Crippen molar-refractivity contribution in [3.8, 4) is 0 Å². The maximum atomic E-state index is 9.68. The van der Waals surface area contributed by atoms with Gasteiger partial charge in [0.1, 0.15) is 0 Å². The lowest BCUT2D eigenvalue weighted by atomic mass is 9.60. The van der Waals surface area contributed by atoms with Gasteiger partial charge in [0.25, 0.3) is 0 Å². The molecule has 3 aliphatic rings. The molecular weight excluding hydrogens is 202 g/mol. The highest BCUT2D eigenvalue weighted by molar-refractivity contribution is 5.13. The number of piperidine rings is 1. The maximum Gasteiger partial charge on any atom is 0.0554 e. The lowest BCUT2D eigenvalue weighted by Gasteiger charge is -2.54. The lowest BCUT2D eigenvalue weighted by Crippen LogP contribution is -2.59. The third-order valence-electron chi connectivity index (χ3n) is 5.34. The molecule has 92 valence electrons. The van der Waals surface area contributed by atoms with Crippen LogP contribution in [-0.2, 0) is 4.74 Å². The van der Waals surface area contributed by atoms with Crippen molar-refractivity contribution < 1.29 is 9.84 Å². The van der Waals surface area contributed by atoms with E-state index in [4.69, 9.17) is 4.74 Å². The van der Waals surface area contributed by atoms with Crippen LogP contribution in [0, 0.1) is 16.7 Å². The molecule has 1 aliphatic carbocycles. The summed E-state index contributed by atoms with van der Waals surface area (Å²) in [6, 6.07) is 0. The average Bonchev–Trinajstić information content (AvgIpc) is 2.98. The van der Waals surface area contributed by atoms with Crippen LogP contribution >= 0.6 is 0 Å². The minimum Gasteiger partial charge on any atom is -0.396 e. The van der Waals surface area contributed by atoms with Crippen LogP contribution in [0.4, 0.5) is 0 Å². The summed E-state index contributed by atoms with van der Waals surface area (Å²) in [5, 5.41) is 9.68. The summed E-state index contributed by atoms with van der Waals surface area (Å²) >= 11 is 0. The maximum absolute atomic E-state index is 9.68. The molecular formula is C13H23NO2. The predicted octanol–water partition coefficient (Wildman–Crippen LogP) is 1.12. The first-order valence-corrected chi connectivity index (χ1v) is 6.60. The predicted molar refractivity (Wildman–Crippen MR) is 62.2 cm³/mol. The third-order valence-corrected chi connectivity index (χ3v) is 5.34. The Labute approximate surface area is 97.8 Å². The van der Waals surface area contributed by atoms with E-state index in [2.05, 4.69) is 11.9 Å². The summed E-state index contributed by atoms with van der Waals surface area (Å²) in [5.74, 6) is 0.745. The minimum atomic E-state index is 0.230. The monoisotopic (exact) mass is 225 g/mol. The molecule has 0 radical (unpaired) electrons. The van der Waals surface area contributed by atoms with E-state index in [1.165, 1.54) is 38.8 Å². The fourth-order valence-electron chi connectivity index (χ4n) is 3.88. The van der Waals surface area contributed by atoms with Gasteiger partial charge in [-0.05, 0) is 45.2 Å². The number of hydrogen-bond donors (Lipinski definition) is 1. The Kier molecular flexibility index (Phi) is 2.54. The van der Waals surface area contributed by atoms with Crippen LogP contribution in [0.1, 0.15) is 25.7 Å². The molecule has 0 aromatic carbocycles. The van der Waals surface area contributed by atoms with Gasteiger partial charge in [0.2, 0.25) is 0 Å². The number of hydrogen-bond acceptors (Lipinski definition) is 3. The minimum absolute atomic E-state index is 0.230. The molecule has 0 spiro atoms. The number of aliphatic hydroxyl groups excluding tert-OH is 1. The molecule has 3 rings (SSSR count). The van der Waals surface area contributed by atoms with E-state index < -0.39 is 0 Å². The van der Waals surface area contributed by atoms with Crippen LogP contribution in [0.3, 0.4) is 0 Å². The van der Waals surface area contributed by atoms with E-state index in [-0.39, 0.29) is 5.41 Å². The Morgan fingerprint density at radius 1 is 1.38 bits per heavy atom. The van der Waals surface area contributed by atoms with Gasteiger partial charge in [-0.3, -0.25) is 0 Å². The van der Waals surface area contributed by atoms with Gasteiger partial charge in [0.15, 0.2) is 0 Å². The topological polar surface area (TPSA) is 32.7 Å². The number of aliphatic hydroxyl groups is 1. The summed E-state index contributed by atoms with van der Waals surface area (Å²) in [4.78, 5) is 2.45. The molecule has 0 bridgehead atoms. The normalized spacial score (nSPS) is 36.8. The van der Waals surface area contributed by atoms with Crippen molar-refractivity contribution in [2.24, 2.45) is 16.7 Å². The Morgan fingerprint density at radius 2 is 2.12 bits per heavy atom. The average molecular weight is 225 g/mol. The largest absolute Gasteiger partial charge is 0.396 e. The van der Waals surface area contributed by atoms with Crippen LogP contribution in [0.25, 0.3) is 0 Å². The first-order valence-electron chi connectivity index (χ1n) is 6.60. The first-order chi connectivity index (χ1) is 7.72. The van der Waals surface area contributed by atoms with Crippen LogP contribution in [0.15, 0.2) is 0 Å². The Morgan fingerprint density at radius 3 is 2.56 bits per heavy atom. The molecule has 0 aromatic rings. The van der Waals surface area contributed by atoms with Gasteiger partial charge in [-0.1, -0.05) is 0 Å². The summed E-state index contributed by atoms with van der Waals surface area (Å²) in [5.41, 5.74) is 0.546. The second kappa shape index (κ2) is 3.69. The Balaban J connectivity index is 1.79. The highest BCUT2D eigenvalue weighted by Gasteiger charge is 2.65. The Hall–Kier alpha value is -0.120. The molecule has 2 saturated heterocycles. The van der Waals surface area contributed by atoms with Gasteiger partial charge in [-0.25, -0.2) is 0 Å². The van der Waals surface area contributed by atoms with Crippen LogP contribution in [0.2, 0.25) is 0 Å². The summed E-state index contributed by atoms with van der Waals surface area (Å²) in [7, 11) is 2.22. The number of rotatable bonds is 3. The third kappa shape index (κ3) is 1.38. The van der Waals surface area contributed by atoms with E-state index in [0.29, 0.717) is 12.0 Å². The fraction of sp³-hybridized carbons (Fsp3) is 1.00. The number of ether oxygens (including phenoxy) is 1. The van der Waals surface area contributed by atoms with Crippen LogP contribution in [0.5, 0.6) is 0 Å². The number of nitrogens with zero attached hydrogens (tertiary/aromatic N) is 1. The lowest BCUT2D eigenvalue weighted by molar-refractivity contribution is -0.203. The highest BCUT2D eigenvalue weighted by atomic mass is 16.5. The van der Waals surface area contributed by atoms with Crippen molar-refractivity contribution in [2.75, 3.05) is 40.0 Å². The first kappa shape index (κ1) is 11.0. The Bertz CT molecular complexity index is 271. The van der Waals surface area contributed by atoms with Crippen LogP contribution < -0.4 is 0 Å². The molecule has 0 amide bonds. The van der Waals surface area contributed by atoms with E-state index in [1.54, 1.807) is 0 Å². The smallest absolute Gasteiger partial charge is 0.0554 e. The van der Waals surface area contributed by atoms with Gasteiger partial charge >= 0.3 is 0 Å². The molecule has 3 nitrogen and oxygen atoms in total. The van der Waals surface area contributed by atoms with Crippen molar-refractivity contribution in [3.63, 3.8) is 0 Å². The summed E-state index contributed by atoms with van der Waals surface area (Å²) in [6.45, 7) is 4.60. The number of likely N-dealkylation sites (tertiary alicyclic amines) is 1. The molecule has 2 heterocycles. The second-order valence-electron chi connectivity index (χ2n) is 6.19. The molecule has 1 atom stereocenters. The molecule has 3 fully saturated rings. The van der Waals surface area contributed by atoms with Crippen molar-refractivity contribution in [1.29, 1.82) is 0 Å². The highest BCUT2D eigenvalue weighted by Crippen LogP contribution is 2.65. The zero-order chi connectivity index (χ0) is 11.2. The van der Waals surface area contributed by atoms with Crippen molar-refractivity contribution in [1.82, 2.24) is 4.90 Å². The molecule has 0 aromatic heterocycles. The van der Waals surface area contributed by atoms with Crippen molar-refractivity contribution in [2.45, 2.75) is 25.7 Å². The van der Waals surface area contributed by atoms with Gasteiger partial charge in [-0.15, -0.1) is 0 Å². The quantitative estimate of drug-likeness (QED) is 0.781. The van der Waals surface area contributed by atoms with Gasteiger partial charge < -0.3 is 14.7 Å². The molecule has 2 aliphatic heterocycles. The summed E-state index contributed by atoms with van der Waals surface area (Å²) in [6.07, 6.45) is 5.07. The summed E-state index contributed by atoms with van der Waals surface area (Å²) < 4.78 is 5.53. The van der Waals surface area contributed by atoms with Gasteiger partial charge in [0.05, 0.1) is 13.2 Å². The van der Waals surface area contributed by atoms with E-state index in [9.17, 15) is 5.11 Å². The zero-order valence-electron chi connectivity index (χ0n) is 10.2. The van der Waals surface area contributed by atoms with E-state index in [0.717, 1.165) is 19.1 Å². The van der Waals surface area contributed by atoms with Crippen molar-refractivity contribution in [3.05, 3.63) is 0 Å². The molecule has 1 N–H and O–H groups in total.